The second-order valence-electron chi connectivity index (χ2n) is 4.44. The molecule has 0 spiro atoms. The Labute approximate surface area is 119 Å². The summed E-state index contributed by atoms with van der Waals surface area (Å²) < 4.78 is -1.24. The van der Waals surface area contributed by atoms with Gasteiger partial charge in [0.1, 0.15) is 4.75 Å². The number of nitro benzene ring substituents is 1. The highest BCUT2D eigenvalue weighted by Gasteiger charge is 2.32. The minimum absolute atomic E-state index is 0.142. The van der Waals surface area contributed by atoms with E-state index in [1.807, 2.05) is 0 Å². The molecule has 1 aromatic rings. The van der Waals surface area contributed by atoms with Gasteiger partial charge in [-0.1, -0.05) is 0 Å². The Morgan fingerprint density at radius 1 is 1.40 bits per heavy atom. The minimum atomic E-state index is -1.24. The van der Waals surface area contributed by atoms with Crippen LogP contribution in [0.25, 0.3) is 0 Å². The van der Waals surface area contributed by atoms with Crippen LogP contribution in [0.2, 0.25) is 0 Å². The summed E-state index contributed by atoms with van der Waals surface area (Å²) in [6.45, 7) is 2.88. The van der Waals surface area contributed by atoms with Gasteiger partial charge in [-0.2, -0.15) is 0 Å². The molecular formula is C12H14N2O5S. The number of nitrogens with zero attached hydrogens (tertiary/aromatic N) is 1. The second-order valence-corrected chi connectivity index (χ2v) is 6.10. The molecule has 108 valence electrons. The molecule has 8 heteroatoms. The summed E-state index contributed by atoms with van der Waals surface area (Å²) >= 11 is 0.830. The Hall–Kier alpha value is -2.09. The van der Waals surface area contributed by atoms with Crippen LogP contribution in [0.3, 0.4) is 0 Å². The molecule has 20 heavy (non-hydrogen) atoms. The van der Waals surface area contributed by atoms with Gasteiger partial charge in [0.2, 0.25) is 0 Å². The van der Waals surface area contributed by atoms with Crippen molar-refractivity contribution in [3.8, 4) is 0 Å². The lowest BCUT2D eigenvalue weighted by Crippen LogP contribution is -2.27. The number of rotatable bonds is 5. The van der Waals surface area contributed by atoms with Crippen molar-refractivity contribution < 1.29 is 19.6 Å². The maximum absolute atomic E-state index is 11.5. The van der Waals surface area contributed by atoms with E-state index in [-0.39, 0.29) is 16.1 Å². The summed E-state index contributed by atoms with van der Waals surface area (Å²) in [6.07, 6.45) is 0. The first-order valence-electron chi connectivity index (χ1n) is 5.62. The summed E-state index contributed by atoms with van der Waals surface area (Å²) in [5.41, 5.74) is 0.0127. The molecule has 0 aromatic heterocycles. The third-order valence-electron chi connectivity index (χ3n) is 2.53. The number of carbonyl (C=O) groups excluding carboxylic acids is 1. The van der Waals surface area contributed by atoms with Crippen molar-refractivity contribution in [2.24, 2.45) is 0 Å². The summed E-state index contributed by atoms with van der Waals surface area (Å²) in [5.74, 6) is -1.49. The number of nitrogens with one attached hydrogen (secondary N) is 1. The maximum Gasteiger partial charge on any atom is 0.319 e. The molecule has 0 aliphatic heterocycles. The Bertz CT molecular complexity index is 571. The quantitative estimate of drug-likeness (QED) is 0.488. The van der Waals surface area contributed by atoms with Crippen LogP contribution in [-0.2, 0) is 4.79 Å². The number of nitro groups is 1. The molecule has 0 radical (unpaired) electrons. The lowest BCUT2D eigenvalue weighted by atomic mass is 10.2. The van der Waals surface area contributed by atoms with Gasteiger partial charge >= 0.3 is 5.97 Å². The molecule has 1 amide bonds. The topological polar surface area (TPSA) is 110 Å². The number of carboxylic acids is 1. The van der Waals surface area contributed by atoms with Crippen molar-refractivity contribution in [1.82, 2.24) is 5.32 Å². The van der Waals surface area contributed by atoms with Gasteiger partial charge in [0.15, 0.2) is 0 Å². The molecule has 0 aliphatic rings. The lowest BCUT2D eigenvalue weighted by Gasteiger charge is -2.18. The lowest BCUT2D eigenvalue weighted by molar-refractivity contribution is -0.387. The first kappa shape index (κ1) is 16.0. The standard InChI is InChI=1S/C12H14N2O5S/c1-12(2,11(16)17)20-9-6-7(10(15)13-3)4-5-8(9)14(18)19/h4-6H,1-3H3,(H,13,15)(H,16,17). The molecule has 1 rings (SSSR count). The molecule has 2 N–H and O–H groups in total. The van der Waals surface area contributed by atoms with Crippen LogP contribution in [0, 0.1) is 10.1 Å². The van der Waals surface area contributed by atoms with Crippen LogP contribution in [0.15, 0.2) is 23.1 Å². The van der Waals surface area contributed by atoms with Gasteiger partial charge in [0.05, 0.1) is 9.82 Å². The maximum atomic E-state index is 11.5. The van der Waals surface area contributed by atoms with Gasteiger partial charge in [0.25, 0.3) is 11.6 Å². The van der Waals surface area contributed by atoms with Crippen LogP contribution in [-0.4, -0.2) is 33.7 Å². The van der Waals surface area contributed by atoms with E-state index in [1.54, 1.807) is 0 Å². The number of aliphatic carboxylic acids is 1. The first-order chi connectivity index (χ1) is 9.19. The molecule has 7 nitrogen and oxygen atoms in total. The molecule has 0 unspecified atom stereocenters. The average molecular weight is 298 g/mol. The highest BCUT2D eigenvalue weighted by atomic mass is 32.2. The fourth-order valence-corrected chi connectivity index (χ4v) is 2.42. The van der Waals surface area contributed by atoms with Gasteiger partial charge < -0.3 is 10.4 Å². The van der Waals surface area contributed by atoms with Gasteiger partial charge in [-0.15, -0.1) is 11.8 Å². The molecule has 0 saturated heterocycles. The van der Waals surface area contributed by atoms with Crippen molar-refractivity contribution in [3.63, 3.8) is 0 Å². The smallest absolute Gasteiger partial charge is 0.319 e. The van der Waals surface area contributed by atoms with E-state index in [0.717, 1.165) is 11.8 Å². The van der Waals surface area contributed by atoms with Crippen molar-refractivity contribution in [2.45, 2.75) is 23.5 Å². The van der Waals surface area contributed by atoms with Crippen LogP contribution in [0.5, 0.6) is 0 Å². The Balaban J connectivity index is 3.29. The zero-order valence-corrected chi connectivity index (χ0v) is 12.0. The zero-order valence-electron chi connectivity index (χ0n) is 11.2. The van der Waals surface area contributed by atoms with Crippen LogP contribution in [0.1, 0.15) is 24.2 Å². The van der Waals surface area contributed by atoms with E-state index in [2.05, 4.69) is 5.32 Å². The van der Waals surface area contributed by atoms with E-state index < -0.39 is 21.5 Å². The summed E-state index contributed by atoms with van der Waals surface area (Å²) in [7, 11) is 1.44. The fraction of sp³-hybridized carbons (Fsp3) is 0.333. The van der Waals surface area contributed by atoms with Gasteiger partial charge in [-0.25, -0.2) is 0 Å². The monoisotopic (exact) mass is 298 g/mol. The molecule has 0 bridgehead atoms. The molecule has 0 heterocycles. The fourth-order valence-electron chi connectivity index (χ4n) is 1.35. The SMILES string of the molecule is CNC(=O)c1ccc([N+](=O)[O-])c(SC(C)(C)C(=O)O)c1. The molecule has 0 aliphatic carbocycles. The average Bonchev–Trinajstić information content (AvgIpc) is 2.36. The van der Waals surface area contributed by atoms with E-state index in [0.29, 0.717) is 0 Å². The Morgan fingerprint density at radius 3 is 2.45 bits per heavy atom. The highest BCUT2D eigenvalue weighted by molar-refractivity contribution is 8.01. The summed E-state index contributed by atoms with van der Waals surface area (Å²) in [5, 5.41) is 22.5. The highest BCUT2D eigenvalue weighted by Crippen LogP contribution is 2.38. The van der Waals surface area contributed by atoms with Gasteiger partial charge in [-0.3, -0.25) is 19.7 Å². The van der Waals surface area contributed by atoms with E-state index in [9.17, 15) is 19.7 Å². The Morgan fingerprint density at radius 2 is 2.00 bits per heavy atom. The number of carboxylic acid groups (broad SMARTS) is 1. The predicted octanol–water partition coefficient (Wildman–Crippen LogP) is 1.91. The van der Waals surface area contributed by atoms with E-state index >= 15 is 0 Å². The summed E-state index contributed by atoms with van der Waals surface area (Å²) in [6, 6.07) is 3.85. The van der Waals surface area contributed by atoms with Crippen molar-refractivity contribution in [2.75, 3.05) is 7.05 Å². The van der Waals surface area contributed by atoms with E-state index in [4.69, 9.17) is 5.11 Å². The van der Waals surface area contributed by atoms with Gasteiger partial charge in [-0.05, 0) is 26.0 Å². The number of hydrogen-bond donors (Lipinski definition) is 2. The van der Waals surface area contributed by atoms with Crippen LogP contribution < -0.4 is 5.32 Å². The number of amides is 1. The third-order valence-corrected chi connectivity index (χ3v) is 3.76. The molecule has 0 atom stereocenters. The van der Waals surface area contributed by atoms with Crippen LogP contribution >= 0.6 is 11.8 Å². The summed E-state index contributed by atoms with van der Waals surface area (Å²) in [4.78, 5) is 33.2. The minimum Gasteiger partial charge on any atom is -0.480 e. The number of benzene rings is 1. The van der Waals surface area contributed by atoms with Gasteiger partial charge in [0, 0.05) is 18.7 Å². The molecule has 1 aromatic carbocycles. The normalized spacial score (nSPS) is 10.9. The Kier molecular flexibility index (Phi) is 4.72. The predicted molar refractivity (Wildman–Crippen MR) is 74.1 cm³/mol. The van der Waals surface area contributed by atoms with Crippen LogP contribution in [0.4, 0.5) is 5.69 Å². The number of hydrogen-bond acceptors (Lipinski definition) is 5. The first-order valence-corrected chi connectivity index (χ1v) is 6.43. The largest absolute Gasteiger partial charge is 0.480 e. The molecular weight excluding hydrogens is 284 g/mol. The van der Waals surface area contributed by atoms with Crippen molar-refractivity contribution >= 4 is 29.3 Å². The zero-order chi connectivity index (χ0) is 15.5. The molecule has 0 fully saturated rings. The second kappa shape index (κ2) is 5.91. The molecule has 0 saturated carbocycles. The number of thioether (sulfide) groups is 1. The number of carbonyl (C=O) groups is 2. The van der Waals surface area contributed by atoms with Crippen molar-refractivity contribution in [3.05, 3.63) is 33.9 Å². The van der Waals surface area contributed by atoms with E-state index in [1.165, 1.54) is 39.1 Å². The third kappa shape index (κ3) is 3.47. The van der Waals surface area contributed by atoms with Crippen molar-refractivity contribution in [1.29, 1.82) is 0 Å².